The Hall–Kier alpha value is -1.68. The van der Waals surface area contributed by atoms with Crippen molar-refractivity contribution >= 4 is 17.5 Å². The zero-order valence-electron chi connectivity index (χ0n) is 12.7. The Morgan fingerprint density at radius 3 is 2.29 bits per heavy atom. The van der Waals surface area contributed by atoms with Gasteiger partial charge in [-0.2, -0.15) is 0 Å². The van der Waals surface area contributed by atoms with Crippen molar-refractivity contribution in [1.82, 2.24) is 0 Å². The van der Waals surface area contributed by atoms with Crippen LogP contribution in [0.2, 0.25) is 0 Å². The lowest BCUT2D eigenvalue weighted by Gasteiger charge is -2.34. The molecule has 2 fully saturated rings. The number of quaternary nitrogens is 1. The van der Waals surface area contributed by atoms with E-state index >= 15 is 0 Å². The van der Waals surface area contributed by atoms with Gasteiger partial charge in [-0.3, -0.25) is 9.59 Å². The highest BCUT2D eigenvalue weighted by molar-refractivity contribution is 6.21. The summed E-state index contributed by atoms with van der Waals surface area (Å²) in [7, 11) is 0. The molecule has 21 heavy (non-hydrogen) atoms. The number of hydrogen-bond donors (Lipinski definition) is 1. The second-order valence-corrected chi connectivity index (χ2v) is 6.67. The van der Waals surface area contributed by atoms with Gasteiger partial charge in [0, 0.05) is 11.8 Å². The van der Waals surface area contributed by atoms with Gasteiger partial charge < -0.3 is 4.90 Å². The fraction of sp³-hybridized carbons (Fsp3) is 0.529. The summed E-state index contributed by atoms with van der Waals surface area (Å²) in [5.41, 5.74) is 0.701. The Morgan fingerprint density at radius 2 is 1.67 bits per heavy atom. The molecule has 2 saturated heterocycles. The molecule has 0 aromatic heterocycles. The molecule has 2 aliphatic heterocycles. The lowest BCUT2D eigenvalue weighted by atomic mass is 9.90. The zero-order valence-corrected chi connectivity index (χ0v) is 12.7. The van der Waals surface area contributed by atoms with E-state index < -0.39 is 0 Å². The molecule has 4 heteroatoms. The molecule has 2 heterocycles. The number of benzene rings is 1. The topological polar surface area (TPSA) is 41.8 Å². The zero-order chi connectivity index (χ0) is 15.0. The number of para-hydroxylation sites is 1. The first-order valence-corrected chi connectivity index (χ1v) is 7.82. The summed E-state index contributed by atoms with van der Waals surface area (Å²) in [5.74, 6) is 1.16. The Balaban J connectivity index is 1.80. The number of amides is 2. The molecule has 2 amide bonds. The van der Waals surface area contributed by atoms with Crippen LogP contribution in [0.15, 0.2) is 30.3 Å². The van der Waals surface area contributed by atoms with Crippen LogP contribution < -0.4 is 9.80 Å². The number of nitrogens with one attached hydrogen (secondary N) is 1. The summed E-state index contributed by atoms with van der Waals surface area (Å²) in [6, 6.07) is 9.08. The molecule has 0 aliphatic carbocycles. The van der Waals surface area contributed by atoms with Crippen molar-refractivity contribution < 1.29 is 14.5 Å². The largest absolute Gasteiger partial charge is 0.324 e. The maximum atomic E-state index is 12.7. The predicted octanol–water partition coefficient (Wildman–Crippen LogP) is 0.879. The van der Waals surface area contributed by atoms with Gasteiger partial charge in [0.1, 0.15) is 0 Å². The first-order chi connectivity index (χ1) is 10.1. The van der Waals surface area contributed by atoms with Crippen molar-refractivity contribution in [3.63, 3.8) is 0 Å². The number of hydrogen-bond acceptors (Lipinski definition) is 2. The van der Waals surface area contributed by atoms with Gasteiger partial charge in [-0.05, 0) is 18.6 Å². The van der Waals surface area contributed by atoms with Crippen molar-refractivity contribution in [3.8, 4) is 0 Å². The van der Waals surface area contributed by atoms with Gasteiger partial charge >= 0.3 is 0 Å². The lowest BCUT2D eigenvalue weighted by Crippen LogP contribution is -3.18. The standard InChI is InChI=1S/C17H22N2O2/c1-12-8-13(2)11-18(10-12)15-9-16(20)19(17(15)21)14-6-4-3-5-7-14/h3-7,12-13,15H,8-11H2,1-2H3/p+1. The number of piperidine rings is 1. The summed E-state index contributed by atoms with van der Waals surface area (Å²) in [6.07, 6.45) is 1.57. The van der Waals surface area contributed by atoms with Crippen LogP contribution in [0.5, 0.6) is 0 Å². The first kappa shape index (κ1) is 14.3. The summed E-state index contributed by atoms with van der Waals surface area (Å²) in [4.78, 5) is 27.7. The van der Waals surface area contributed by atoms with Crippen molar-refractivity contribution in [2.24, 2.45) is 11.8 Å². The van der Waals surface area contributed by atoms with Crippen LogP contribution in [0.1, 0.15) is 26.7 Å². The first-order valence-electron chi connectivity index (χ1n) is 7.82. The van der Waals surface area contributed by atoms with E-state index in [1.54, 1.807) is 0 Å². The van der Waals surface area contributed by atoms with E-state index in [0.717, 1.165) is 13.1 Å². The van der Waals surface area contributed by atoms with E-state index in [0.29, 0.717) is 23.9 Å². The molecule has 1 aromatic carbocycles. The van der Waals surface area contributed by atoms with Crippen LogP contribution in [0.4, 0.5) is 5.69 Å². The van der Waals surface area contributed by atoms with E-state index in [1.807, 2.05) is 30.3 Å². The van der Waals surface area contributed by atoms with Crippen LogP contribution in [0.3, 0.4) is 0 Å². The number of imide groups is 1. The quantitative estimate of drug-likeness (QED) is 0.821. The van der Waals surface area contributed by atoms with E-state index in [-0.39, 0.29) is 17.9 Å². The highest BCUT2D eigenvalue weighted by atomic mass is 16.2. The molecular formula is C17H23N2O2+. The monoisotopic (exact) mass is 287 g/mol. The van der Waals surface area contributed by atoms with Gasteiger partial charge in [0.2, 0.25) is 5.91 Å². The minimum atomic E-state index is -0.192. The van der Waals surface area contributed by atoms with Crippen LogP contribution >= 0.6 is 0 Å². The Morgan fingerprint density at radius 1 is 1.05 bits per heavy atom. The molecule has 3 rings (SSSR count). The maximum absolute atomic E-state index is 12.7. The third kappa shape index (κ3) is 2.72. The van der Waals surface area contributed by atoms with Crippen LogP contribution in [-0.2, 0) is 9.59 Å². The normalized spacial score (nSPS) is 33.5. The van der Waals surface area contributed by atoms with Crippen molar-refractivity contribution in [2.45, 2.75) is 32.7 Å². The van der Waals surface area contributed by atoms with Crippen LogP contribution in [0.25, 0.3) is 0 Å². The van der Waals surface area contributed by atoms with Crippen molar-refractivity contribution in [2.75, 3.05) is 18.0 Å². The summed E-state index contributed by atoms with van der Waals surface area (Å²) in [6.45, 7) is 6.48. The van der Waals surface area contributed by atoms with Crippen molar-refractivity contribution in [1.29, 1.82) is 0 Å². The molecule has 0 bridgehead atoms. The van der Waals surface area contributed by atoms with E-state index in [1.165, 1.54) is 16.2 Å². The molecular weight excluding hydrogens is 264 g/mol. The number of nitrogens with zero attached hydrogens (tertiary/aromatic N) is 1. The van der Waals surface area contributed by atoms with Gasteiger partial charge in [0.05, 0.1) is 25.2 Å². The van der Waals surface area contributed by atoms with Gasteiger partial charge in [-0.25, -0.2) is 4.90 Å². The molecule has 0 radical (unpaired) electrons. The minimum Gasteiger partial charge on any atom is -0.324 e. The average Bonchev–Trinajstić information content (AvgIpc) is 2.74. The third-order valence-corrected chi connectivity index (χ3v) is 4.68. The summed E-state index contributed by atoms with van der Waals surface area (Å²) < 4.78 is 0. The highest BCUT2D eigenvalue weighted by Crippen LogP contribution is 2.22. The predicted molar refractivity (Wildman–Crippen MR) is 81.0 cm³/mol. The van der Waals surface area contributed by atoms with Gasteiger partial charge in [0.15, 0.2) is 6.04 Å². The second kappa shape index (κ2) is 5.60. The number of carbonyl (C=O) groups is 2. The fourth-order valence-electron chi connectivity index (χ4n) is 3.92. The third-order valence-electron chi connectivity index (χ3n) is 4.68. The Labute approximate surface area is 125 Å². The van der Waals surface area contributed by atoms with E-state index in [2.05, 4.69) is 13.8 Å². The second-order valence-electron chi connectivity index (χ2n) is 6.67. The molecule has 112 valence electrons. The molecule has 1 aromatic rings. The Kier molecular flexibility index (Phi) is 3.81. The van der Waals surface area contributed by atoms with E-state index in [4.69, 9.17) is 0 Å². The Bertz CT molecular complexity index is 533. The van der Waals surface area contributed by atoms with E-state index in [9.17, 15) is 9.59 Å². The SMILES string of the molecule is CC1CC(C)C[NH+](C2CC(=O)N(c3ccccc3)C2=O)C1. The summed E-state index contributed by atoms with van der Waals surface area (Å²) in [5, 5.41) is 0. The summed E-state index contributed by atoms with van der Waals surface area (Å²) >= 11 is 0. The molecule has 0 saturated carbocycles. The average molecular weight is 287 g/mol. The molecule has 4 nitrogen and oxygen atoms in total. The molecule has 1 N–H and O–H groups in total. The molecule has 2 aliphatic rings. The van der Waals surface area contributed by atoms with Crippen LogP contribution in [0, 0.1) is 11.8 Å². The van der Waals surface area contributed by atoms with Crippen LogP contribution in [-0.4, -0.2) is 30.9 Å². The molecule has 3 unspecified atom stereocenters. The van der Waals surface area contributed by atoms with Gasteiger partial charge in [0.25, 0.3) is 5.91 Å². The number of likely N-dealkylation sites (tertiary alicyclic amines) is 1. The minimum absolute atomic E-state index is 0.0255. The highest BCUT2D eigenvalue weighted by Gasteiger charge is 2.47. The number of carbonyl (C=O) groups excluding carboxylic acids is 2. The maximum Gasteiger partial charge on any atom is 0.292 e. The van der Waals surface area contributed by atoms with Gasteiger partial charge in [-0.1, -0.05) is 32.0 Å². The lowest BCUT2D eigenvalue weighted by molar-refractivity contribution is -0.926. The fourth-order valence-corrected chi connectivity index (χ4v) is 3.92. The van der Waals surface area contributed by atoms with Gasteiger partial charge in [-0.15, -0.1) is 0 Å². The smallest absolute Gasteiger partial charge is 0.292 e. The number of anilines is 1. The van der Waals surface area contributed by atoms with Crippen molar-refractivity contribution in [3.05, 3.63) is 30.3 Å². The molecule has 3 atom stereocenters. The number of rotatable bonds is 2. The molecule has 0 spiro atoms.